The lowest BCUT2D eigenvalue weighted by Crippen LogP contribution is -2.43. The predicted molar refractivity (Wildman–Crippen MR) is 101 cm³/mol. The van der Waals surface area contributed by atoms with Gasteiger partial charge in [-0.25, -0.2) is 18.2 Å². The van der Waals surface area contributed by atoms with Crippen molar-refractivity contribution < 1.29 is 22.7 Å². The van der Waals surface area contributed by atoms with Crippen LogP contribution in [0.1, 0.15) is 29.0 Å². The molecule has 0 spiro atoms. The van der Waals surface area contributed by atoms with E-state index < -0.39 is 27.9 Å². The summed E-state index contributed by atoms with van der Waals surface area (Å²) in [5.41, 5.74) is 0.860. The Morgan fingerprint density at radius 3 is 2.75 bits per heavy atom. The maximum Gasteiger partial charge on any atom is 0.354 e. The molecule has 1 aliphatic heterocycles. The van der Waals surface area contributed by atoms with E-state index in [2.05, 4.69) is 15.0 Å². The van der Waals surface area contributed by atoms with Crippen LogP contribution in [0.5, 0.6) is 0 Å². The van der Waals surface area contributed by atoms with Gasteiger partial charge in [0.15, 0.2) is 0 Å². The molecule has 0 unspecified atom stereocenters. The van der Waals surface area contributed by atoms with Gasteiger partial charge < -0.3 is 14.6 Å². The van der Waals surface area contributed by atoms with Crippen molar-refractivity contribution >= 4 is 27.7 Å². The van der Waals surface area contributed by atoms with Gasteiger partial charge in [-0.1, -0.05) is 6.07 Å². The third-order valence-electron chi connectivity index (χ3n) is 4.63. The first kappa shape index (κ1) is 20.0. The van der Waals surface area contributed by atoms with Crippen molar-refractivity contribution in [1.29, 1.82) is 0 Å². The summed E-state index contributed by atoms with van der Waals surface area (Å²) in [4.78, 5) is 28.6. The van der Waals surface area contributed by atoms with E-state index in [1.165, 1.54) is 28.2 Å². The number of hydrogen-bond acceptors (Lipinski definition) is 6. The molecule has 1 atom stereocenters. The minimum absolute atomic E-state index is 0.0521. The summed E-state index contributed by atoms with van der Waals surface area (Å²) in [6.45, 7) is 2.03. The third-order valence-corrected chi connectivity index (χ3v) is 6.50. The fraction of sp³-hybridized carbons (Fsp3) is 0.389. The van der Waals surface area contributed by atoms with Gasteiger partial charge in [0, 0.05) is 25.5 Å². The quantitative estimate of drug-likeness (QED) is 0.750. The summed E-state index contributed by atoms with van der Waals surface area (Å²) in [6, 6.07) is 5.64. The first-order chi connectivity index (χ1) is 13.2. The maximum absolute atomic E-state index is 13.1. The Bertz CT molecular complexity index is 1010. The Balaban J connectivity index is 1.85. The molecule has 3 rings (SSSR count). The van der Waals surface area contributed by atoms with Gasteiger partial charge in [0.2, 0.25) is 15.9 Å². The number of anilines is 1. The summed E-state index contributed by atoms with van der Waals surface area (Å²) in [5.74, 6) is -0.685. The maximum atomic E-state index is 13.1. The van der Waals surface area contributed by atoms with Crippen LogP contribution in [0.3, 0.4) is 0 Å². The molecule has 150 valence electrons. The van der Waals surface area contributed by atoms with Crippen molar-refractivity contribution in [3.05, 3.63) is 41.9 Å². The molecule has 0 aliphatic carbocycles. The number of amides is 1. The van der Waals surface area contributed by atoms with E-state index >= 15 is 0 Å². The fourth-order valence-corrected chi connectivity index (χ4v) is 4.96. The highest BCUT2D eigenvalue weighted by Gasteiger charge is 2.40. The van der Waals surface area contributed by atoms with Gasteiger partial charge >= 0.3 is 5.97 Å². The van der Waals surface area contributed by atoms with E-state index in [1.54, 1.807) is 32.2 Å². The lowest BCUT2D eigenvalue weighted by molar-refractivity contribution is -0.119. The largest absolute Gasteiger partial charge is 0.464 e. The number of nitrogens with one attached hydrogen (secondary N) is 1. The first-order valence-electron chi connectivity index (χ1n) is 8.75. The molecule has 10 heteroatoms. The molecule has 9 nitrogen and oxygen atoms in total. The second-order valence-electron chi connectivity index (χ2n) is 6.59. The van der Waals surface area contributed by atoms with Crippen LogP contribution >= 0.6 is 0 Å². The Morgan fingerprint density at radius 1 is 1.32 bits per heavy atom. The molecule has 1 saturated heterocycles. The SMILES string of the molecule is COC(=O)c1cc(S(=O)(=O)N2CCC[C@H]2C(=O)Nc2cccc(C)n2)cn1C. The molecule has 1 aliphatic rings. The number of ether oxygens (including phenoxy) is 1. The van der Waals surface area contributed by atoms with E-state index in [4.69, 9.17) is 0 Å². The molecular weight excluding hydrogens is 384 g/mol. The number of aromatic nitrogens is 2. The van der Waals surface area contributed by atoms with Gasteiger partial charge in [0.1, 0.15) is 22.4 Å². The molecule has 1 amide bonds. The van der Waals surface area contributed by atoms with Crippen LogP contribution in [0, 0.1) is 6.92 Å². The number of pyridine rings is 1. The minimum Gasteiger partial charge on any atom is -0.464 e. The van der Waals surface area contributed by atoms with E-state index in [0.29, 0.717) is 18.7 Å². The Kier molecular flexibility index (Phi) is 5.52. The second-order valence-corrected chi connectivity index (χ2v) is 8.48. The summed E-state index contributed by atoms with van der Waals surface area (Å²) in [7, 11) is -1.17. The van der Waals surface area contributed by atoms with Crippen molar-refractivity contribution in [2.24, 2.45) is 7.05 Å². The molecule has 2 aromatic rings. The van der Waals surface area contributed by atoms with E-state index in [9.17, 15) is 18.0 Å². The van der Waals surface area contributed by atoms with Gasteiger partial charge in [-0.15, -0.1) is 0 Å². The number of nitrogens with zero attached hydrogens (tertiary/aromatic N) is 3. The standard InChI is InChI=1S/C18H22N4O5S/c1-12-6-4-8-16(19-12)20-17(23)14-7-5-9-22(14)28(25,26)13-10-15(18(24)27-3)21(2)11-13/h4,6,8,10-11,14H,5,7,9H2,1-3H3,(H,19,20,23)/t14-/m0/s1. The summed E-state index contributed by atoms with van der Waals surface area (Å²) < 4.78 is 33.4. The van der Waals surface area contributed by atoms with Gasteiger partial charge in [-0.2, -0.15) is 4.31 Å². The lowest BCUT2D eigenvalue weighted by Gasteiger charge is -2.22. The molecule has 1 fully saturated rings. The zero-order valence-electron chi connectivity index (χ0n) is 15.9. The molecule has 3 heterocycles. The Morgan fingerprint density at radius 2 is 2.07 bits per heavy atom. The van der Waals surface area contributed by atoms with Gasteiger partial charge in [-0.3, -0.25) is 4.79 Å². The molecule has 2 aromatic heterocycles. The van der Waals surface area contributed by atoms with Gasteiger partial charge in [0.25, 0.3) is 0 Å². The average molecular weight is 406 g/mol. The molecule has 1 N–H and O–H groups in total. The van der Waals surface area contributed by atoms with E-state index in [-0.39, 0.29) is 17.1 Å². The summed E-state index contributed by atoms with van der Waals surface area (Å²) in [6.07, 6.45) is 2.32. The molecule has 0 aromatic carbocycles. The van der Waals surface area contributed by atoms with Crippen LogP contribution < -0.4 is 5.32 Å². The Labute approximate surface area is 163 Å². The van der Waals surface area contributed by atoms with Crippen molar-refractivity contribution in [1.82, 2.24) is 13.9 Å². The second kappa shape index (κ2) is 7.72. The third kappa shape index (κ3) is 3.78. The monoisotopic (exact) mass is 406 g/mol. The Hall–Kier alpha value is -2.72. The average Bonchev–Trinajstić information content (AvgIpc) is 3.28. The van der Waals surface area contributed by atoms with Gasteiger partial charge in [-0.05, 0) is 38.0 Å². The molecule has 0 saturated carbocycles. The van der Waals surface area contributed by atoms with E-state index in [1.807, 2.05) is 0 Å². The summed E-state index contributed by atoms with van der Waals surface area (Å²) in [5, 5.41) is 2.69. The fourth-order valence-electron chi connectivity index (χ4n) is 3.23. The van der Waals surface area contributed by atoms with Crippen LogP contribution in [0.25, 0.3) is 0 Å². The molecular formula is C18H22N4O5S. The number of aryl methyl sites for hydroxylation is 2. The number of rotatable bonds is 5. The number of carbonyl (C=O) groups excluding carboxylic acids is 2. The number of methoxy groups -OCH3 is 1. The van der Waals surface area contributed by atoms with Crippen LogP contribution in [-0.2, 0) is 26.6 Å². The smallest absolute Gasteiger partial charge is 0.354 e. The molecule has 0 radical (unpaired) electrons. The first-order valence-corrected chi connectivity index (χ1v) is 10.2. The number of hydrogen-bond donors (Lipinski definition) is 1. The zero-order valence-corrected chi connectivity index (χ0v) is 16.7. The highest BCUT2D eigenvalue weighted by molar-refractivity contribution is 7.89. The van der Waals surface area contributed by atoms with Crippen LogP contribution in [0.2, 0.25) is 0 Å². The van der Waals surface area contributed by atoms with Crippen LogP contribution in [0.15, 0.2) is 35.4 Å². The van der Waals surface area contributed by atoms with Crippen molar-refractivity contribution in [2.75, 3.05) is 19.0 Å². The normalized spacial score (nSPS) is 17.5. The van der Waals surface area contributed by atoms with Crippen LogP contribution in [0.4, 0.5) is 5.82 Å². The van der Waals surface area contributed by atoms with Crippen LogP contribution in [-0.4, -0.2) is 53.8 Å². The van der Waals surface area contributed by atoms with Gasteiger partial charge in [0.05, 0.1) is 7.11 Å². The lowest BCUT2D eigenvalue weighted by atomic mass is 10.2. The van der Waals surface area contributed by atoms with Crippen molar-refractivity contribution in [3.63, 3.8) is 0 Å². The number of esters is 1. The number of carbonyl (C=O) groups is 2. The molecule has 0 bridgehead atoms. The van der Waals surface area contributed by atoms with Crippen molar-refractivity contribution in [3.8, 4) is 0 Å². The number of sulfonamides is 1. The minimum atomic E-state index is -3.95. The van der Waals surface area contributed by atoms with Crippen molar-refractivity contribution in [2.45, 2.75) is 30.7 Å². The zero-order chi connectivity index (χ0) is 20.5. The molecule has 28 heavy (non-hydrogen) atoms. The van der Waals surface area contributed by atoms with E-state index in [0.717, 1.165) is 5.69 Å². The highest BCUT2D eigenvalue weighted by Crippen LogP contribution is 2.28. The summed E-state index contributed by atoms with van der Waals surface area (Å²) >= 11 is 0. The highest BCUT2D eigenvalue weighted by atomic mass is 32.2. The topological polar surface area (TPSA) is 111 Å². The predicted octanol–water partition coefficient (Wildman–Crippen LogP) is 1.31.